The Labute approximate surface area is 202 Å². The van der Waals surface area contributed by atoms with Crippen molar-refractivity contribution < 1.29 is 18.0 Å². The monoisotopic (exact) mass is 498 g/mol. The molecular formula is C24H26N4O4S2. The first-order valence-electron chi connectivity index (χ1n) is 11.3. The van der Waals surface area contributed by atoms with Crippen LogP contribution in [0.2, 0.25) is 0 Å². The molecule has 34 heavy (non-hydrogen) atoms. The maximum atomic E-state index is 12.9. The zero-order valence-electron chi connectivity index (χ0n) is 19.1. The molecule has 10 heteroatoms. The molecule has 2 aromatic carbocycles. The van der Waals surface area contributed by atoms with E-state index in [4.69, 9.17) is 0 Å². The average Bonchev–Trinajstić information content (AvgIpc) is 3.55. The number of carbonyl (C=O) groups is 2. The third-order valence-electron chi connectivity index (χ3n) is 6.66. The predicted octanol–water partition coefficient (Wildman–Crippen LogP) is 3.69. The number of carbonyl (C=O) groups excluding carboxylic acids is 2. The van der Waals surface area contributed by atoms with Gasteiger partial charge in [0, 0.05) is 31.7 Å². The molecule has 2 aliphatic rings. The normalized spacial score (nSPS) is 19.3. The van der Waals surface area contributed by atoms with Crippen molar-refractivity contribution in [1.82, 2.24) is 9.29 Å². The number of sulfonamides is 1. The first-order valence-corrected chi connectivity index (χ1v) is 13.6. The molecule has 3 heterocycles. The van der Waals surface area contributed by atoms with Crippen LogP contribution in [0.15, 0.2) is 41.3 Å². The fourth-order valence-corrected chi connectivity index (χ4v) is 7.07. The average molecular weight is 499 g/mol. The topological polar surface area (TPSA) is 99.7 Å². The van der Waals surface area contributed by atoms with Gasteiger partial charge in [-0.25, -0.2) is 13.4 Å². The second-order valence-electron chi connectivity index (χ2n) is 8.87. The van der Waals surface area contributed by atoms with Gasteiger partial charge in [0.15, 0.2) is 5.13 Å². The smallest absolute Gasteiger partial charge is 0.243 e. The molecule has 2 amide bonds. The van der Waals surface area contributed by atoms with E-state index in [-0.39, 0.29) is 23.1 Å². The molecule has 0 bridgehead atoms. The molecule has 3 aromatic rings. The van der Waals surface area contributed by atoms with Crippen molar-refractivity contribution in [3.63, 3.8) is 0 Å². The number of thiazole rings is 1. The van der Waals surface area contributed by atoms with Gasteiger partial charge in [-0.05, 0) is 62.1 Å². The molecule has 0 radical (unpaired) electrons. The highest BCUT2D eigenvalue weighted by Crippen LogP contribution is 2.32. The first-order chi connectivity index (χ1) is 16.2. The Hall–Kier alpha value is -2.82. The van der Waals surface area contributed by atoms with Crippen molar-refractivity contribution in [3.05, 3.63) is 47.5 Å². The fourth-order valence-electron chi connectivity index (χ4n) is 4.55. The Balaban J connectivity index is 1.32. The molecule has 1 N–H and O–H groups in total. The number of aromatic nitrogens is 1. The van der Waals surface area contributed by atoms with Crippen molar-refractivity contribution in [1.29, 1.82) is 0 Å². The summed E-state index contributed by atoms with van der Waals surface area (Å²) < 4.78 is 27.9. The van der Waals surface area contributed by atoms with Gasteiger partial charge < -0.3 is 10.2 Å². The highest BCUT2D eigenvalue weighted by atomic mass is 32.2. The number of hydrogen-bond acceptors (Lipinski definition) is 6. The van der Waals surface area contributed by atoms with E-state index < -0.39 is 15.9 Å². The number of fused-ring (bicyclic) bond motifs is 1. The van der Waals surface area contributed by atoms with Crippen molar-refractivity contribution in [3.8, 4) is 0 Å². The van der Waals surface area contributed by atoms with Crippen molar-refractivity contribution >= 4 is 54.2 Å². The second-order valence-corrected chi connectivity index (χ2v) is 11.8. The van der Waals surface area contributed by atoms with Crippen LogP contribution in [-0.4, -0.2) is 49.2 Å². The predicted molar refractivity (Wildman–Crippen MR) is 133 cm³/mol. The van der Waals surface area contributed by atoms with Crippen LogP contribution in [-0.2, 0) is 19.6 Å². The lowest BCUT2D eigenvalue weighted by Crippen LogP contribution is -2.28. The van der Waals surface area contributed by atoms with Gasteiger partial charge in [-0.15, -0.1) is 0 Å². The van der Waals surface area contributed by atoms with Gasteiger partial charge in [0.2, 0.25) is 21.8 Å². The zero-order chi connectivity index (χ0) is 24.0. The van der Waals surface area contributed by atoms with Gasteiger partial charge in [-0.2, -0.15) is 4.31 Å². The van der Waals surface area contributed by atoms with E-state index in [0.29, 0.717) is 35.0 Å². The van der Waals surface area contributed by atoms with E-state index in [0.717, 1.165) is 29.7 Å². The van der Waals surface area contributed by atoms with E-state index in [1.165, 1.54) is 15.6 Å². The van der Waals surface area contributed by atoms with E-state index in [2.05, 4.69) is 10.3 Å². The molecule has 1 aromatic heterocycles. The minimum atomic E-state index is -3.52. The summed E-state index contributed by atoms with van der Waals surface area (Å²) in [5.41, 5.74) is 3.59. The Morgan fingerprint density at radius 2 is 1.91 bits per heavy atom. The van der Waals surface area contributed by atoms with Crippen LogP contribution in [0.1, 0.15) is 30.4 Å². The van der Waals surface area contributed by atoms with E-state index in [1.54, 1.807) is 23.1 Å². The lowest BCUT2D eigenvalue weighted by atomic mass is 10.1. The number of anilines is 2. The van der Waals surface area contributed by atoms with Crippen molar-refractivity contribution in [2.75, 3.05) is 29.9 Å². The molecule has 178 valence electrons. The number of aryl methyl sites for hydroxylation is 1. The Bertz CT molecular complexity index is 1390. The Morgan fingerprint density at radius 1 is 1.15 bits per heavy atom. The summed E-state index contributed by atoms with van der Waals surface area (Å²) in [7, 11) is -3.52. The Kier molecular flexibility index (Phi) is 5.91. The molecule has 0 saturated carbocycles. The van der Waals surface area contributed by atoms with Crippen LogP contribution in [0.25, 0.3) is 10.2 Å². The van der Waals surface area contributed by atoms with Gasteiger partial charge >= 0.3 is 0 Å². The quantitative estimate of drug-likeness (QED) is 0.578. The minimum Gasteiger partial charge on any atom is -0.311 e. The van der Waals surface area contributed by atoms with Crippen molar-refractivity contribution in [2.24, 2.45) is 5.92 Å². The maximum absolute atomic E-state index is 12.9. The van der Waals surface area contributed by atoms with Crippen LogP contribution >= 0.6 is 11.3 Å². The lowest BCUT2D eigenvalue weighted by Gasteiger charge is -2.20. The summed E-state index contributed by atoms with van der Waals surface area (Å²) in [6, 6.07) is 10.7. The standard InChI is InChI=1S/C24H26N4O4S2/c1-15-6-5-7-20(16(15)2)28-14-17(12-22(28)29)23(30)26-24-25-19-9-8-18(13-21(19)33-24)34(31,32)27-10-3-4-11-27/h5-9,13,17H,3-4,10-12,14H2,1-2H3,(H,25,26,30). The summed E-state index contributed by atoms with van der Waals surface area (Å²) in [5, 5.41) is 3.23. The van der Waals surface area contributed by atoms with Gasteiger partial charge in [0.1, 0.15) is 0 Å². The minimum absolute atomic E-state index is 0.0742. The maximum Gasteiger partial charge on any atom is 0.243 e. The molecule has 1 atom stereocenters. The summed E-state index contributed by atoms with van der Waals surface area (Å²) >= 11 is 1.24. The van der Waals surface area contributed by atoms with Gasteiger partial charge in [-0.3, -0.25) is 9.59 Å². The summed E-state index contributed by atoms with van der Waals surface area (Å²) in [4.78, 5) is 32.0. The molecule has 2 fully saturated rings. The molecular weight excluding hydrogens is 472 g/mol. The van der Waals surface area contributed by atoms with Gasteiger partial charge in [0.05, 0.1) is 21.0 Å². The SMILES string of the molecule is Cc1cccc(N2CC(C(=O)Nc3nc4ccc(S(=O)(=O)N5CCCC5)cc4s3)CC2=O)c1C. The van der Waals surface area contributed by atoms with Crippen molar-refractivity contribution in [2.45, 2.75) is 38.0 Å². The van der Waals surface area contributed by atoms with Gasteiger partial charge in [0.25, 0.3) is 0 Å². The largest absolute Gasteiger partial charge is 0.311 e. The van der Waals surface area contributed by atoms with Crippen LogP contribution in [0, 0.1) is 19.8 Å². The highest BCUT2D eigenvalue weighted by molar-refractivity contribution is 7.89. The van der Waals surface area contributed by atoms with E-state index in [9.17, 15) is 18.0 Å². The first kappa shape index (κ1) is 22.9. The zero-order valence-corrected chi connectivity index (χ0v) is 20.7. The molecule has 0 aliphatic carbocycles. The number of amides is 2. The van der Waals surface area contributed by atoms with E-state index >= 15 is 0 Å². The van der Waals surface area contributed by atoms with Crippen LogP contribution in [0.3, 0.4) is 0 Å². The fraction of sp³-hybridized carbons (Fsp3) is 0.375. The molecule has 2 aliphatic heterocycles. The third-order valence-corrected chi connectivity index (χ3v) is 9.48. The Morgan fingerprint density at radius 3 is 2.68 bits per heavy atom. The van der Waals surface area contributed by atoms with Crippen LogP contribution in [0.5, 0.6) is 0 Å². The number of hydrogen-bond donors (Lipinski definition) is 1. The van der Waals surface area contributed by atoms with Crippen LogP contribution in [0.4, 0.5) is 10.8 Å². The molecule has 8 nitrogen and oxygen atoms in total. The number of nitrogens with zero attached hydrogens (tertiary/aromatic N) is 3. The third kappa shape index (κ3) is 4.10. The molecule has 1 unspecified atom stereocenters. The van der Waals surface area contributed by atoms with Gasteiger partial charge in [-0.1, -0.05) is 23.5 Å². The van der Waals surface area contributed by atoms with E-state index in [1.807, 2.05) is 32.0 Å². The summed E-state index contributed by atoms with van der Waals surface area (Å²) in [5.74, 6) is -0.814. The van der Waals surface area contributed by atoms with Crippen LogP contribution < -0.4 is 10.2 Å². The lowest BCUT2D eigenvalue weighted by molar-refractivity contribution is -0.122. The molecule has 0 spiro atoms. The second kappa shape index (κ2) is 8.75. The molecule has 5 rings (SSSR count). The number of rotatable bonds is 5. The number of nitrogens with one attached hydrogen (secondary N) is 1. The summed E-state index contributed by atoms with van der Waals surface area (Å²) in [6.07, 6.45) is 1.90. The summed E-state index contributed by atoms with van der Waals surface area (Å²) in [6.45, 7) is 5.38. The number of benzene rings is 2. The highest BCUT2D eigenvalue weighted by Gasteiger charge is 2.36. The molecule has 2 saturated heterocycles.